The second-order valence-corrected chi connectivity index (χ2v) is 6.97. The van der Waals surface area contributed by atoms with Crippen LogP contribution >= 0.6 is 0 Å². The van der Waals surface area contributed by atoms with Gasteiger partial charge in [0.25, 0.3) is 0 Å². The fraction of sp³-hybridized carbons (Fsp3) is 0.684. The summed E-state index contributed by atoms with van der Waals surface area (Å²) in [6.07, 6.45) is 7.20. The van der Waals surface area contributed by atoms with Gasteiger partial charge in [-0.1, -0.05) is 49.1 Å². The van der Waals surface area contributed by atoms with Crippen molar-refractivity contribution in [3.05, 3.63) is 35.4 Å². The minimum Gasteiger partial charge on any atom is -0.314 e. The molecule has 2 aliphatic rings. The molecule has 1 aliphatic heterocycles. The number of nitrogens with zero attached hydrogens (tertiary/aromatic N) is 1. The highest BCUT2D eigenvalue weighted by molar-refractivity contribution is 5.26. The summed E-state index contributed by atoms with van der Waals surface area (Å²) in [5.74, 6) is 1.64. The van der Waals surface area contributed by atoms with Gasteiger partial charge in [0, 0.05) is 32.7 Å². The van der Waals surface area contributed by atoms with E-state index in [1.54, 1.807) is 5.56 Å². The molecule has 2 nitrogen and oxygen atoms in total. The van der Waals surface area contributed by atoms with Crippen LogP contribution in [0.15, 0.2) is 24.3 Å². The zero-order valence-corrected chi connectivity index (χ0v) is 13.5. The summed E-state index contributed by atoms with van der Waals surface area (Å²) in [5, 5.41) is 3.47. The number of nitrogens with one attached hydrogen (secondary N) is 1. The fourth-order valence-electron chi connectivity index (χ4n) is 4.14. The van der Waals surface area contributed by atoms with E-state index in [0.29, 0.717) is 0 Å². The first kappa shape index (κ1) is 15.1. The maximum absolute atomic E-state index is 3.47. The molecule has 1 unspecified atom stereocenters. The average molecular weight is 286 g/mol. The van der Waals surface area contributed by atoms with E-state index >= 15 is 0 Å². The lowest BCUT2D eigenvalue weighted by Gasteiger charge is -2.36. The number of rotatable bonds is 4. The molecule has 1 aliphatic carbocycles. The van der Waals surface area contributed by atoms with Crippen molar-refractivity contribution < 1.29 is 0 Å². The van der Waals surface area contributed by atoms with Gasteiger partial charge in [0.05, 0.1) is 0 Å². The molecule has 1 saturated heterocycles. The summed E-state index contributed by atoms with van der Waals surface area (Å²) < 4.78 is 0. The molecule has 0 amide bonds. The van der Waals surface area contributed by atoms with Crippen LogP contribution in [0.3, 0.4) is 0 Å². The maximum atomic E-state index is 3.47. The van der Waals surface area contributed by atoms with Crippen LogP contribution in [-0.4, -0.2) is 37.6 Å². The quantitative estimate of drug-likeness (QED) is 0.910. The molecule has 1 aromatic rings. The lowest BCUT2D eigenvalue weighted by Crippen LogP contribution is -2.45. The minimum absolute atomic E-state index is 0.739. The smallest absolute Gasteiger partial charge is 0.0108 e. The van der Waals surface area contributed by atoms with Crippen LogP contribution in [0, 0.1) is 12.8 Å². The van der Waals surface area contributed by atoms with E-state index in [1.807, 2.05) is 0 Å². The number of hydrogen-bond acceptors (Lipinski definition) is 2. The SMILES string of the molecule is Cc1cccc(C(CN2CCNCC2)C2CCCCC2)c1. The Kier molecular flexibility index (Phi) is 5.32. The summed E-state index contributed by atoms with van der Waals surface area (Å²) in [5.41, 5.74) is 2.99. The molecule has 1 heterocycles. The molecule has 1 N–H and O–H groups in total. The van der Waals surface area contributed by atoms with Crippen molar-refractivity contribution >= 4 is 0 Å². The predicted octanol–water partition coefficient (Wildman–Crippen LogP) is 3.56. The Morgan fingerprint density at radius 2 is 1.90 bits per heavy atom. The normalized spacial score (nSPS) is 23.1. The van der Waals surface area contributed by atoms with E-state index in [1.165, 1.54) is 57.3 Å². The Balaban J connectivity index is 1.75. The number of hydrogen-bond donors (Lipinski definition) is 1. The molecule has 116 valence electrons. The first-order chi connectivity index (χ1) is 10.3. The maximum Gasteiger partial charge on any atom is 0.0108 e. The monoisotopic (exact) mass is 286 g/mol. The van der Waals surface area contributed by atoms with E-state index in [0.717, 1.165) is 24.9 Å². The molecule has 0 radical (unpaired) electrons. The molecule has 1 aromatic carbocycles. The highest BCUT2D eigenvalue weighted by Crippen LogP contribution is 2.37. The minimum atomic E-state index is 0.739. The van der Waals surface area contributed by atoms with Crippen molar-refractivity contribution in [3.63, 3.8) is 0 Å². The van der Waals surface area contributed by atoms with Gasteiger partial charge < -0.3 is 10.2 Å². The number of benzene rings is 1. The van der Waals surface area contributed by atoms with Crippen LogP contribution in [0.4, 0.5) is 0 Å². The van der Waals surface area contributed by atoms with Crippen LogP contribution in [0.1, 0.15) is 49.1 Å². The van der Waals surface area contributed by atoms with Crippen molar-refractivity contribution in [3.8, 4) is 0 Å². The Morgan fingerprint density at radius 3 is 2.62 bits per heavy atom. The molecule has 2 heteroatoms. The van der Waals surface area contributed by atoms with Crippen LogP contribution in [0.5, 0.6) is 0 Å². The van der Waals surface area contributed by atoms with Gasteiger partial charge in [-0.2, -0.15) is 0 Å². The van der Waals surface area contributed by atoms with Crippen molar-refractivity contribution in [2.75, 3.05) is 32.7 Å². The predicted molar refractivity (Wildman–Crippen MR) is 89.8 cm³/mol. The summed E-state index contributed by atoms with van der Waals surface area (Å²) in [4.78, 5) is 2.68. The van der Waals surface area contributed by atoms with Gasteiger partial charge in [-0.05, 0) is 37.2 Å². The summed E-state index contributed by atoms with van der Waals surface area (Å²) in [6.45, 7) is 8.24. The molecule has 3 rings (SSSR count). The highest BCUT2D eigenvalue weighted by Gasteiger charge is 2.27. The van der Waals surface area contributed by atoms with Gasteiger partial charge >= 0.3 is 0 Å². The molecule has 1 saturated carbocycles. The lowest BCUT2D eigenvalue weighted by molar-refractivity contribution is 0.187. The topological polar surface area (TPSA) is 15.3 Å². The lowest BCUT2D eigenvalue weighted by atomic mass is 9.76. The second-order valence-electron chi connectivity index (χ2n) is 6.97. The Bertz CT molecular complexity index is 431. The van der Waals surface area contributed by atoms with E-state index in [-0.39, 0.29) is 0 Å². The third-order valence-corrected chi connectivity index (χ3v) is 5.35. The fourth-order valence-corrected chi connectivity index (χ4v) is 4.14. The van der Waals surface area contributed by atoms with E-state index in [4.69, 9.17) is 0 Å². The van der Waals surface area contributed by atoms with Gasteiger partial charge in [-0.25, -0.2) is 0 Å². The molecule has 0 bridgehead atoms. The zero-order chi connectivity index (χ0) is 14.5. The third kappa shape index (κ3) is 4.08. The van der Waals surface area contributed by atoms with Crippen LogP contribution in [0.25, 0.3) is 0 Å². The van der Waals surface area contributed by atoms with Crippen LogP contribution < -0.4 is 5.32 Å². The van der Waals surface area contributed by atoms with Crippen LogP contribution in [-0.2, 0) is 0 Å². The van der Waals surface area contributed by atoms with Crippen LogP contribution in [0.2, 0.25) is 0 Å². The number of piperazine rings is 1. The standard InChI is InChI=1S/C19H30N2/c1-16-6-5-9-18(14-16)19(17-7-3-2-4-8-17)15-21-12-10-20-11-13-21/h5-6,9,14,17,19-20H,2-4,7-8,10-13,15H2,1H3. The van der Waals surface area contributed by atoms with Gasteiger partial charge in [-0.3, -0.25) is 0 Å². The van der Waals surface area contributed by atoms with E-state index in [2.05, 4.69) is 41.4 Å². The third-order valence-electron chi connectivity index (χ3n) is 5.35. The second kappa shape index (κ2) is 7.42. The van der Waals surface area contributed by atoms with Gasteiger partial charge in [0.2, 0.25) is 0 Å². The molecule has 1 atom stereocenters. The number of aryl methyl sites for hydroxylation is 1. The highest BCUT2D eigenvalue weighted by atomic mass is 15.2. The Morgan fingerprint density at radius 1 is 1.14 bits per heavy atom. The van der Waals surface area contributed by atoms with Gasteiger partial charge in [0.15, 0.2) is 0 Å². The molecular weight excluding hydrogens is 256 g/mol. The Hall–Kier alpha value is -0.860. The van der Waals surface area contributed by atoms with Crippen molar-refractivity contribution in [2.45, 2.75) is 44.9 Å². The average Bonchev–Trinajstić information content (AvgIpc) is 2.54. The largest absolute Gasteiger partial charge is 0.314 e. The van der Waals surface area contributed by atoms with Gasteiger partial charge in [0.1, 0.15) is 0 Å². The molecule has 21 heavy (non-hydrogen) atoms. The molecule has 0 spiro atoms. The van der Waals surface area contributed by atoms with Crippen molar-refractivity contribution in [2.24, 2.45) is 5.92 Å². The molecule has 2 fully saturated rings. The first-order valence-corrected chi connectivity index (χ1v) is 8.82. The van der Waals surface area contributed by atoms with Crippen molar-refractivity contribution in [1.82, 2.24) is 10.2 Å². The molecular formula is C19H30N2. The Labute approximate surface area is 129 Å². The summed E-state index contributed by atoms with van der Waals surface area (Å²) in [7, 11) is 0. The van der Waals surface area contributed by atoms with E-state index < -0.39 is 0 Å². The molecule has 0 aromatic heterocycles. The van der Waals surface area contributed by atoms with Gasteiger partial charge in [-0.15, -0.1) is 0 Å². The summed E-state index contributed by atoms with van der Waals surface area (Å²) in [6, 6.07) is 9.28. The summed E-state index contributed by atoms with van der Waals surface area (Å²) >= 11 is 0. The zero-order valence-electron chi connectivity index (χ0n) is 13.5. The first-order valence-electron chi connectivity index (χ1n) is 8.82. The van der Waals surface area contributed by atoms with E-state index in [9.17, 15) is 0 Å². The van der Waals surface area contributed by atoms with Crippen molar-refractivity contribution in [1.29, 1.82) is 0 Å².